The molecule has 2 N–H and O–H groups in total. The van der Waals surface area contributed by atoms with Crippen molar-refractivity contribution in [3.05, 3.63) is 0 Å². The molecule has 0 aliphatic carbocycles. The third-order valence-corrected chi connectivity index (χ3v) is 6.30. The molecule has 1 saturated heterocycles. The maximum absolute atomic E-state index is 12.4. The molecule has 7 nitrogen and oxygen atoms in total. The SMILES string of the molecule is COCC1CCN(c2snc(N)c2S(=O)(=O)N(C)C)C1. The molecule has 1 aromatic heterocycles. The van der Waals surface area contributed by atoms with E-state index < -0.39 is 10.0 Å². The molecule has 1 atom stereocenters. The molecule has 1 aliphatic rings. The minimum absolute atomic E-state index is 0.0777. The van der Waals surface area contributed by atoms with E-state index in [0.29, 0.717) is 17.5 Å². The molecule has 20 heavy (non-hydrogen) atoms. The van der Waals surface area contributed by atoms with Crippen LogP contribution < -0.4 is 10.6 Å². The number of nitrogens with zero attached hydrogens (tertiary/aromatic N) is 3. The first-order valence-corrected chi connectivity index (χ1v) is 8.50. The van der Waals surface area contributed by atoms with Crippen molar-refractivity contribution in [1.29, 1.82) is 0 Å². The van der Waals surface area contributed by atoms with Gasteiger partial charge in [0, 0.05) is 40.2 Å². The van der Waals surface area contributed by atoms with E-state index in [-0.39, 0.29) is 10.7 Å². The molecule has 1 aromatic rings. The number of hydrogen-bond donors (Lipinski definition) is 1. The van der Waals surface area contributed by atoms with Crippen molar-refractivity contribution in [2.75, 3.05) is 51.5 Å². The average Bonchev–Trinajstić information content (AvgIpc) is 2.96. The van der Waals surface area contributed by atoms with Gasteiger partial charge in [0.2, 0.25) is 10.0 Å². The predicted octanol–water partition coefficient (Wildman–Crippen LogP) is 0.448. The minimum atomic E-state index is -3.58. The number of methoxy groups -OCH3 is 1. The number of hydrogen-bond acceptors (Lipinski definition) is 7. The van der Waals surface area contributed by atoms with E-state index in [0.717, 1.165) is 31.0 Å². The highest BCUT2D eigenvalue weighted by Crippen LogP contribution is 2.38. The lowest BCUT2D eigenvalue weighted by Gasteiger charge is -2.19. The molecule has 0 spiro atoms. The van der Waals surface area contributed by atoms with Gasteiger partial charge in [-0.25, -0.2) is 12.7 Å². The Morgan fingerprint density at radius 2 is 2.25 bits per heavy atom. The van der Waals surface area contributed by atoms with E-state index in [1.165, 1.54) is 18.4 Å². The Morgan fingerprint density at radius 3 is 2.85 bits per heavy atom. The first-order chi connectivity index (χ1) is 9.37. The summed E-state index contributed by atoms with van der Waals surface area (Å²) in [5.41, 5.74) is 5.77. The third-order valence-electron chi connectivity index (χ3n) is 3.37. The highest BCUT2D eigenvalue weighted by Gasteiger charge is 2.33. The summed E-state index contributed by atoms with van der Waals surface area (Å²) in [4.78, 5) is 2.17. The van der Waals surface area contributed by atoms with Crippen LogP contribution in [0.15, 0.2) is 4.90 Å². The number of sulfonamides is 1. The predicted molar refractivity (Wildman–Crippen MR) is 79.6 cm³/mol. The Bertz CT molecular complexity index is 570. The van der Waals surface area contributed by atoms with Crippen LogP contribution in [0.3, 0.4) is 0 Å². The van der Waals surface area contributed by atoms with Gasteiger partial charge < -0.3 is 15.4 Å². The van der Waals surface area contributed by atoms with E-state index in [1.807, 2.05) is 4.90 Å². The summed E-state index contributed by atoms with van der Waals surface area (Å²) >= 11 is 1.14. The molecule has 1 aliphatic heterocycles. The molecule has 1 unspecified atom stereocenters. The van der Waals surface area contributed by atoms with Crippen molar-refractivity contribution in [2.45, 2.75) is 11.3 Å². The van der Waals surface area contributed by atoms with Gasteiger partial charge in [-0.3, -0.25) is 0 Å². The quantitative estimate of drug-likeness (QED) is 0.847. The Labute approximate surface area is 123 Å². The number of rotatable bonds is 5. The number of aromatic nitrogens is 1. The van der Waals surface area contributed by atoms with Crippen LogP contribution in [-0.2, 0) is 14.8 Å². The second kappa shape index (κ2) is 5.84. The number of anilines is 2. The lowest BCUT2D eigenvalue weighted by atomic mass is 10.1. The molecule has 114 valence electrons. The van der Waals surface area contributed by atoms with Crippen LogP contribution in [-0.4, -0.2) is 58.0 Å². The van der Waals surface area contributed by atoms with Crippen LogP contribution in [0, 0.1) is 5.92 Å². The molecule has 2 heterocycles. The summed E-state index contributed by atoms with van der Waals surface area (Å²) in [6, 6.07) is 0. The molecule has 2 rings (SSSR count). The average molecular weight is 320 g/mol. The Hall–Kier alpha value is -0.900. The molecular weight excluding hydrogens is 300 g/mol. The van der Waals surface area contributed by atoms with Gasteiger partial charge in [-0.15, -0.1) is 0 Å². The van der Waals surface area contributed by atoms with Gasteiger partial charge in [-0.05, 0) is 18.0 Å². The summed E-state index contributed by atoms with van der Waals surface area (Å²) in [5, 5.41) is 0.634. The number of nitrogen functional groups attached to an aromatic ring is 1. The Kier molecular flexibility index (Phi) is 4.52. The molecule has 0 saturated carbocycles. The van der Waals surface area contributed by atoms with Crippen LogP contribution in [0.1, 0.15) is 6.42 Å². The fraction of sp³-hybridized carbons (Fsp3) is 0.727. The van der Waals surface area contributed by atoms with Crippen molar-refractivity contribution < 1.29 is 13.2 Å². The van der Waals surface area contributed by atoms with Gasteiger partial charge in [-0.1, -0.05) is 0 Å². The topological polar surface area (TPSA) is 88.8 Å². The van der Waals surface area contributed by atoms with E-state index in [2.05, 4.69) is 4.37 Å². The standard InChI is InChI=1S/C11H20N4O3S2/c1-14(2)20(16,17)9-10(12)13-19-11(9)15-5-4-8(6-15)7-18-3/h8H,4-7H2,1-3H3,(H2,12,13). The lowest BCUT2D eigenvalue weighted by molar-refractivity contribution is 0.161. The van der Waals surface area contributed by atoms with Gasteiger partial charge in [0.05, 0.1) is 6.61 Å². The number of nitrogens with two attached hydrogens (primary N) is 1. The molecule has 0 bridgehead atoms. The van der Waals surface area contributed by atoms with E-state index in [9.17, 15) is 8.42 Å². The largest absolute Gasteiger partial charge is 0.384 e. The zero-order valence-corrected chi connectivity index (χ0v) is 13.5. The Balaban J connectivity index is 2.32. The second-order valence-electron chi connectivity index (χ2n) is 5.05. The van der Waals surface area contributed by atoms with Crippen molar-refractivity contribution in [3.8, 4) is 0 Å². The zero-order valence-electron chi connectivity index (χ0n) is 11.9. The molecular formula is C11H20N4O3S2. The zero-order chi connectivity index (χ0) is 14.9. The van der Waals surface area contributed by atoms with E-state index in [4.69, 9.17) is 10.5 Å². The Morgan fingerprint density at radius 1 is 1.55 bits per heavy atom. The second-order valence-corrected chi connectivity index (χ2v) is 7.89. The molecule has 1 fully saturated rings. The fourth-order valence-corrected chi connectivity index (χ4v) is 4.56. The van der Waals surface area contributed by atoms with Gasteiger partial charge in [0.25, 0.3) is 0 Å². The highest BCUT2D eigenvalue weighted by atomic mass is 32.2. The smallest absolute Gasteiger partial charge is 0.249 e. The summed E-state index contributed by atoms with van der Waals surface area (Å²) < 4.78 is 35.1. The van der Waals surface area contributed by atoms with Gasteiger partial charge >= 0.3 is 0 Å². The summed E-state index contributed by atoms with van der Waals surface area (Å²) in [5.74, 6) is 0.493. The third kappa shape index (κ3) is 2.76. The summed E-state index contributed by atoms with van der Waals surface area (Å²) in [7, 11) is 1.09. The van der Waals surface area contributed by atoms with Crippen molar-refractivity contribution in [1.82, 2.24) is 8.68 Å². The first kappa shape index (κ1) is 15.5. The van der Waals surface area contributed by atoms with Crippen molar-refractivity contribution in [2.24, 2.45) is 5.92 Å². The maximum atomic E-state index is 12.4. The monoisotopic (exact) mass is 320 g/mol. The maximum Gasteiger partial charge on any atom is 0.249 e. The summed E-state index contributed by atoms with van der Waals surface area (Å²) in [6.45, 7) is 2.25. The van der Waals surface area contributed by atoms with E-state index >= 15 is 0 Å². The normalized spacial score (nSPS) is 20.0. The highest BCUT2D eigenvalue weighted by molar-refractivity contribution is 7.89. The van der Waals surface area contributed by atoms with Crippen LogP contribution in [0.4, 0.5) is 10.8 Å². The van der Waals surface area contributed by atoms with Gasteiger partial charge in [-0.2, -0.15) is 4.37 Å². The van der Waals surface area contributed by atoms with E-state index in [1.54, 1.807) is 7.11 Å². The van der Waals surface area contributed by atoms with Crippen LogP contribution in [0.2, 0.25) is 0 Å². The minimum Gasteiger partial charge on any atom is -0.384 e. The van der Waals surface area contributed by atoms with Crippen LogP contribution >= 0.6 is 11.5 Å². The van der Waals surface area contributed by atoms with Crippen LogP contribution in [0.5, 0.6) is 0 Å². The van der Waals surface area contributed by atoms with Gasteiger partial charge in [0.1, 0.15) is 5.00 Å². The molecule has 0 aromatic carbocycles. The van der Waals surface area contributed by atoms with Gasteiger partial charge in [0.15, 0.2) is 10.7 Å². The fourth-order valence-electron chi connectivity index (χ4n) is 2.30. The molecule has 0 amide bonds. The number of ether oxygens (including phenoxy) is 1. The summed E-state index contributed by atoms with van der Waals surface area (Å²) in [6.07, 6.45) is 0.979. The first-order valence-electron chi connectivity index (χ1n) is 6.29. The van der Waals surface area contributed by atoms with Crippen LogP contribution in [0.25, 0.3) is 0 Å². The van der Waals surface area contributed by atoms with Crippen molar-refractivity contribution >= 4 is 32.4 Å². The molecule has 9 heteroatoms. The molecule has 0 radical (unpaired) electrons. The van der Waals surface area contributed by atoms with Crippen molar-refractivity contribution in [3.63, 3.8) is 0 Å². The lowest BCUT2D eigenvalue weighted by Crippen LogP contribution is -2.27.